The van der Waals surface area contributed by atoms with Crippen LogP contribution in [0.4, 0.5) is 9.18 Å². The minimum atomic E-state index is -0.717. The van der Waals surface area contributed by atoms with Crippen molar-refractivity contribution in [1.29, 1.82) is 0 Å². The molecule has 1 N–H and O–H groups in total. The number of amides is 3. The van der Waals surface area contributed by atoms with Crippen LogP contribution in [0, 0.1) is 5.82 Å². The number of piperazine rings is 1. The molecule has 2 heterocycles. The van der Waals surface area contributed by atoms with Gasteiger partial charge < -0.3 is 15.0 Å². The van der Waals surface area contributed by atoms with E-state index in [-0.39, 0.29) is 24.1 Å². The predicted octanol–water partition coefficient (Wildman–Crippen LogP) is 3.45. The number of carbonyl (C=O) groups excluding carboxylic acids is 3. The first-order chi connectivity index (χ1) is 17.3. The van der Waals surface area contributed by atoms with Crippen LogP contribution in [0.3, 0.4) is 0 Å². The van der Waals surface area contributed by atoms with Crippen molar-refractivity contribution in [3.63, 3.8) is 0 Å². The number of urea groups is 1. The number of nitrogens with zero attached hydrogens (tertiary/aromatic N) is 3. The van der Waals surface area contributed by atoms with Crippen molar-refractivity contribution in [2.45, 2.75) is 13.0 Å². The highest BCUT2D eigenvalue weighted by atomic mass is 35.5. The van der Waals surface area contributed by atoms with Crippen molar-refractivity contribution in [2.24, 2.45) is 0 Å². The van der Waals surface area contributed by atoms with Crippen molar-refractivity contribution in [3.8, 4) is 0 Å². The van der Waals surface area contributed by atoms with E-state index in [9.17, 15) is 18.8 Å². The standard InChI is InChI=1S/C26H28ClFN4O4/c1-3-36-25(34)22-21(30(2)26(35)29-23(22)17-7-6-8-18(27)15-17)16-31-11-13-32(14-12-31)24(33)19-9-4-5-10-20(19)28/h4-10,15,23H,3,11-14,16H2,1-2H3,(H,29,35). The number of ether oxygens (including phenoxy) is 1. The molecule has 0 saturated carbocycles. The molecule has 2 aliphatic rings. The molecule has 0 bridgehead atoms. The van der Waals surface area contributed by atoms with Gasteiger partial charge >= 0.3 is 12.0 Å². The Hall–Kier alpha value is -3.43. The van der Waals surface area contributed by atoms with E-state index in [1.807, 2.05) is 0 Å². The van der Waals surface area contributed by atoms with E-state index in [0.29, 0.717) is 54.6 Å². The number of likely N-dealkylation sites (N-methyl/N-ethyl adjacent to an activating group) is 1. The second-order valence-corrected chi connectivity index (χ2v) is 9.06. The van der Waals surface area contributed by atoms with Gasteiger partial charge in [-0.15, -0.1) is 0 Å². The highest BCUT2D eigenvalue weighted by Gasteiger charge is 2.38. The summed E-state index contributed by atoms with van der Waals surface area (Å²) in [6.45, 7) is 3.99. The summed E-state index contributed by atoms with van der Waals surface area (Å²) in [5, 5.41) is 3.36. The number of benzene rings is 2. The van der Waals surface area contributed by atoms with Crippen molar-refractivity contribution in [2.75, 3.05) is 46.4 Å². The zero-order chi connectivity index (χ0) is 25.8. The summed E-state index contributed by atoms with van der Waals surface area (Å²) < 4.78 is 19.4. The van der Waals surface area contributed by atoms with Crippen LogP contribution in [-0.4, -0.2) is 79.0 Å². The Labute approximate surface area is 214 Å². The summed E-state index contributed by atoms with van der Waals surface area (Å²) in [7, 11) is 1.61. The molecule has 0 aliphatic carbocycles. The van der Waals surface area contributed by atoms with Crippen LogP contribution in [0.1, 0.15) is 28.9 Å². The lowest BCUT2D eigenvalue weighted by molar-refractivity contribution is -0.139. The highest BCUT2D eigenvalue weighted by Crippen LogP contribution is 2.32. The van der Waals surface area contributed by atoms with Crippen LogP contribution in [0.5, 0.6) is 0 Å². The second kappa shape index (κ2) is 11.1. The third-order valence-corrected chi connectivity index (χ3v) is 6.63. The number of esters is 1. The Kier molecular flexibility index (Phi) is 7.91. The fourth-order valence-electron chi connectivity index (χ4n) is 4.46. The lowest BCUT2D eigenvalue weighted by Gasteiger charge is -2.39. The summed E-state index contributed by atoms with van der Waals surface area (Å²) in [5.74, 6) is -1.41. The number of rotatable bonds is 6. The molecule has 1 saturated heterocycles. The van der Waals surface area contributed by atoms with E-state index in [1.165, 1.54) is 17.0 Å². The number of nitrogens with one attached hydrogen (secondary N) is 1. The molecule has 36 heavy (non-hydrogen) atoms. The van der Waals surface area contributed by atoms with Crippen LogP contribution in [0.15, 0.2) is 59.8 Å². The van der Waals surface area contributed by atoms with Crippen LogP contribution < -0.4 is 5.32 Å². The van der Waals surface area contributed by atoms with Gasteiger partial charge in [0.15, 0.2) is 0 Å². The molecule has 0 radical (unpaired) electrons. The van der Waals surface area contributed by atoms with Crippen molar-refractivity contribution < 1.29 is 23.5 Å². The Bertz CT molecular complexity index is 1200. The minimum Gasteiger partial charge on any atom is -0.463 e. The summed E-state index contributed by atoms with van der Waals surface area (Å²) in [5.41, 5.74) is 1.58. The molecule has 8 nitrogen and oxygen atoms in total. The van der Waals surface area contributed by atoms with Gasteiger partial charge in [0.25, 0.3) is 5.91 Å². The number of carbonyl (C=O) groups is 3. The van der Waals surface area contributed by atoms with Crippen LogP contribution >= 0.6 is 11.6 Å². The lowest BCUT2D eigenvalue weighted by Crippen LogP contribution is -2.53. The Morgan fingerprint density at radius 1 is 1.11 bits per heavy atom. The van der Waals surface area contributed by atoms with Gasteiger partial charge in [-0.25, -0.2) is 14.0 Å². The van der Waals surface area contributed by atoms with Gasteiger partial charge in [0, 0.05) is 50.5 Å². The number of hydrogen-bond acceptors (Lipinski definition) is 5. The normalized spacial score (nSPS) is 18.8. The van der Waals surface area contributed by atoms with E-state index in [2.05, 4.69) is 10.2 Å². The fourth-order valence-corrected chi connectivity index (χ4v) is 4.66. The van der Waals surface area contributed by atoms with Crippen molar-refractivity contribution in [3.05, 3.63) is 81.8 Å². The molecule has 1 atom stereocenters. The number of halogens is 2. The first-order valence-corrected chi connectivity index (χ1v) is 12.1. The molecule has 4 rings (SSSR count). The third-order valence-electron chi connectivity index (χ3n) is 6.39. The lowest BCUT2D eigenvalue weighted by atomic mass is 9.94. The average molecular weight is 515 g/mol. The van der Waals surface area contributed by atoms with E-state index in [0.717, 1.165) is 0 Å². The highest BCUT2D eigenvalue weighted by molar-refractivity contribution is 6.30. The summed E-state index contributed by atoms with van der Waals surface area (Å²) in [6, 6.07) is 11.9. The molecule has 1 fully saturated rings. The van der Waals surface area contributed by atoms with Gasteiger partial charge in [0.1, 0.15) is 5.82 Å². The summed E-state index contributed by atoms with van der Waals surface area (Å²) in [4.78, 5) is 43.8. The van der Waals surface area contributed by atoms with Gasteiger partial charge in [-0.3, -0.25) is 14.6 Å². The molecule has 2 aliphatic heterocycles. The van der Waals surface area contributed by atoms with Gasteiger partial charge in [-0.05, 0) is 36.8 Å². The maximum atomic E-state index is 14.1. The molecular weight excluding hydrogens is 487 g/mol. The molecule has 2 aromatic carbocycles. The SMILES string of the molecule is CCOC(=O)C1=C(CN2CCN(C(=O)c3ccccc3F)CC2)N(C)C(=O)NC1c1cccc(Cl)c1. The molecule has 190 valence electrons. The molecule has 3 amide bonds. The zero-order valence-electron chi connectivity index (χ0n) is 20.2. The topological polar surface area (TPSA) is 82.2 Å². The summed E-state index contributed by atoms with van der Waals surface area (Å²) in [6.07, 6.45) is 0. The molecule has 2 aromatic rings. The van der Waals surface area contributed by atoms with Gasteiger partial charge in [-0.2, -0.15) is 0 Å². The van der Waals surface area contributed by atoms with E-state index < -0.39 is 17.8 Å². The Morgan fingerprint density at radius 2 is 1.83 bits per heavy atom. The second-order valence-electron chi connectivity index (χ2n) is 8.63. The number of hydrogen-bond donors (Lipinski definition) is 1. The molecule has 0 spiro atoms. The average Bonchev–Trinajstić information content (AvgIpc) is 2.87. The first-order valence-electron chi connectivity index (χ1n) is 11.8. The van der Waals surface area contributed by atoms with E-state index >= 15 is 0 Å². The van der Waals surface area contributed by atoms with Crippen molar-refractivity contribution in [1.82, 2.24) is 20.0 Å². The molecular formula is C26H28ClFN4O4. The largest absolute Gasteiger partial charge is 0.463 e. The monoisotopic (exact) mass is 514 g/mol. The minimum absolute atomic E-state index is 0.0475. The smallest absolute Gasteiger partial charge is 0.338 e. The third kappa shape index (κ3) is 5.37. The van der Waals surface area contributed by atoms with E-state index in [4.69, 9.17) is 16.3 Å². The quantitative estimate of drug-likeness (QED) is 0.597. The summed E-state index contributed by atoms with van der Waals surface area (Å²) >= 11 is 6.18. The van der Waals surface area contributed by atoms with Crippen LogP contribution in [-0.2, 0) is 9.53 Å². The predicted molar refractivity (Wildman–Crippen MR) is 133 cm³/mol. The van der Waals surface area contributed by atoms with E-state index in [1.54, 1.807) is 55.3 Å². The maximum Gasteiger partial charge on any atom is 0.338 e. The van der Waals surface area contributed by atoms with Gasteiger partial charge in [-0.1, -0.05) is 35.9 Å². The first kappa shape index (κ1) is 25.7. The van der Waals surface area contributed by atoms with Crippen molar-refractivity contribution >= 4 is 29.5 Å². The molecule has 1 unspecified atom stereocenters. The zero-order valence-corrected chi connectivity index (χ0v) is 20.9. The van der Waals surface area contributed by atoms with Gasteiger partial charge in [0.05, 0.1) is 23.8 Å². The maximum absolute atomic E-state index is 14.1. The van der Waals surface area contributed by atoms with Crippen LogP contribution in [0.2, 0.25) is 5.02 Å². The van der Waals surface area contributed by atoms with Crippen LogP contribution in [0.25, 0.3) is 0 Å². The Morgan fingerprint density at radius 3 is 2.50 bits per heavy atom. The Balaban J connectivity index is 1.57. The van der Waals surface area contributed by atoms with Gasteiger partial charge in [0.2, 0.25) is 0 Å². The molecule has 0 aromatic heterocycles. The fraction of sp³-hybridized carbons (Fsp3) is 0.346. The molecule has 10 heteroatoms.